The first kappa shape index (κ1) is 26.5. The van der Waals surface area contributed by atoms with Crippen LogP contribution in [0.2, 0.25) is 0 Å². The highest BCUT2D eigenvalue weighted by molar-refractivity contribution is 7.42. The number of nitrogens with zero attached hydrogens (tertiary/aromatic N) is 1. The van der Waals surface area contributed by atoms with Crippen LogP contribution in [0.25, 0.3) is 22.4 Å². The van der Waals surface area contributed by atoms with Gasteiger partial charge in [0.05, 0.1) is 17.5 Å². The molecule has 6 nitrogen and oxygen atoms in total. The fraction of sp³-hybridized carbons (Fsp3) is 0.259. The molecule has 2 aromatic carbocycles. The topological polar surface area (TPSA) is 96.7 Å². The number of carbonyl (C=O) groups excluding carboxylic acids is 1. The Kier molecular flexibility index (Phi) is 8.06. The van der Waals surface area contributed by atoms with Gasteiger partial charge in [-0.2, -0.15) is 0 Å². The van der Waals surface area contributed by atoms with Crippen LogP contribution in [0.15, 0.2) is 67.3 Å². The van der Waals surface area contributed by atoms with E-state index in [9.17, 15) is 23.7 Å². The number of aromatic nitrogens is 1. The summed E-state index contributed by atoms with van der Waals surface area (Å²) in [6.07, 6.45) is -0.579. The summed E-state index contributed by atoms with van der Waals surface area (Å²) in [6, 6.07) is 15.4. The summed E-state index contributed by atoms with van der Waals surface area (Å²) in [4.78, 5) is 28.1. The Morgan fingerprint density at radius 1 is 1.14 bits per heavy atom. The number of rotatable bonds is 8. The molecule has 0 radical (unpaired) electrons. The molecular weight excluding hydrogens is 468 g/mol. The molecule has 0 saturated heterocycles. The smallest absolute Gasteiger partial charge is 0.333 e. The van der Waals surface area contributed by atoms with Crippen molar-refractivity contribution in [3.05, 3.63) is 84.3 Å². The maximum absolute atomic E-state index is 13.9. The first-order valence-corrected chi connectivity index (χ1v) is 12.5. The van der Waals surface area contributed by atoms with E-state index < -0.39 is 31.1 Å². The van der Waals surface area contributed by atoms with Gasteiger partial charge in [-0.15, -0.1) is 6.58 Å². The molecule has 35 heavy (non-hydrogen) atoms. The Balaban J connectivity index is 2.33. The van der Waals surface area contributed by atoms with Crippen LogP contribution in [0.5, 0.6) is 5.75 Å². The third kappa shape index (κ3) is 5.13. The molecule has 0 bridgehead atoms. The first-order chi connectivity index (χ1) is 16.5. The summed E-state index contributed by atoms with van der Waals surface area (Å²) in [5.41, 5.74) is 3.55. The van der Waals surface area contributed by atoms with Crippen molar-refractivity contribution in [3.63, 3.8) is 0 Å². The second-order valence-electron chi connectivity index (χ2n) is 8.69. The van der Waals surface area contributed by atoms with E-state index in [1.165, 1.54) is 19.1 Å². The molecule has 1 heterocycles. The third-order valence-corrected chi connectivity index (χ3v) is 7.50. The van der Waals surface area contributed by atoms with Crippen molar-refractivity contribution in [1.82, 2.24) is 4.98 Å². The van der Waals surface area contributed by atoms with Gasteiger partial charge in [0.25, 0.3) is 0 Å². The van der Waals surface area contributed by atoms with Gasteiger partial charge >= 0.3 is 5.97 Å². The van der Waals surface area contributed by atoms with Gasteiger partial charge in [-0.05, 0) is 49.1 Å². The second kappa shape index (κ2) is 10.6. The van der Waals surface area contributed by atoms with E-state index >= 15 is 0 Å². The zero-order valence-electron chi connectivity index (χ0n) is 20.1. The molecule has 3 unspecified atom stereocenters. The minimum atomic E-state index is -3.64. The highest BCUT2D eigenvalue weighted by Crippen LogP contribution is 2.44. The van der Waals surface area contributed by atoms with E-state index in [0.717, 1.165) is 11.6 Å². The highest BCUT2D eigenvalue weighted by Gasteiger charge is 2.48. The Morgan fingerprint density at radius 3 is 2.31 bits per heavy atom. The zero-order valence-corrected chi connectivity index (χ0v) is 21.1. The largest absolute Gasteiger partial charge is 0.423 e. The van der Waals surface area contributed by atoms with Crippen molar-refractivity contribution in [2.24, 2.45) is 0 Å². The summed E-state index contributed by atoms with van der Waals surface area (Å²) in [5, 5.41) is 8.05. The lowest BCUT2D eigenvalue weighted by Gasteiger charge is -2.29. The molecule has 3 aromatic rings. The molecule has 184 valence electrons. The van der Waals surface area contributed by atoms with Crippen LogP contribution in [-0.2, 0) is 9.36 Å². The molecule has 0 saturated carbocycles. The number of esters is 1. The minimum absolute atomic E-state index is 0.0783. The Morgan fingerprint density at radius 2 is 1.80 bits per heavy atom. The van der Waals surface area contributed by atoms with Crippen molar-refractivity contribution < 1.29 is 28.5 Å². The predicted octanol–water partition coefficient (Wildman–Crippen LogP) is 5.66. The van der Waals surface area contributed by atoms with Gasteiger partial charge in [0.2, 0.25) is 8.03 Å². The summed E-state index contributed by atoms with van der Waals surface area (Å²) < 4.78 is 31.9. The second-order valence-corrected chi connectivity index (χ2v) is 10.1. The minimum Gasteiger partial charge on any atom is -0.423 e. The lowest BCUT2D eigenvalue weighted by atomic mass is 9.94. The molecular formula is C27H29FNO5P. The SMILES string of the molecule is C=CC(C(=O)Oc1c(-c2ccc(F)cc2C)cc(-c2ccccc2)nc1C(C)C)(C(C)O)[PH](=O)O. The number of benzene rings is 2. The zero-order chi connectivity index (χ0) is 25.9. The summed E-state index contributed by atoms with van der Waals surface area (Å²) in [6.45, 7) is 10.2. The van der Waals surface area contributed by atoms with E-state index in [-0.39, 0.29) is 11.7 Å². The first-order valence-electron chi connectivity index (χ1n) is 11.2. The van der Waals surface area contributed by atoms with E-state index in [4.69, 9.17) is 9.72 Å². The summed E-state index contributed by atoms with van der Waals surface area (Å²) in [7, 11) is -3.64. The Bertz CT molecular complexity index is 1280. The summed E-state index contributed by atoms with van der Waals surface area (Å²) in [5.74, 6) is -1.66. The Labute approximate surface area is 205 Å². The fourth-order valence-corrected chi connectivity index (χ4v) is 4.65. The van der Waals surface area contributed by atoms with E-state index in [2.05, 4.69) is 6.58 Å². The number of hydrogen-bond acceptors (Lipinski definition) is 5. The van der Waals surface area contributed by atoms with Crippen molar-refractivity contribution in [2.75, 3.05) is 0 Å². The highest BCUT2D eigenvalue weighted by atomic mass is 31.1. The van der Waals surface area contributed by atoms with Gasteiger partial charge < -0.3 is 14.7 Å². The lowest BCUT2D eigenvalue weighted by molar-refractivity contribution is -0.138. The molecule has 0 amide bonds. The normalized spacial score (nSPS) is 14.7. The number of aliphatic hydroxyl groups is 1. The molecule has 0 aliphatic rings. The van der Waals surface area contributed by atoms with E-state index in [0.29, 0.717) is 28.1 Å². The Hall–Kier alpha value is -3.12. The monoisotopic (exact) mass is 497 g/mol. The van der Waals surface area contributed by atoms with Gasteiger partial charge in [0.1, 0.15) is 5.82 Å². The number of halogens is 1. The number of aliphatic hydroxyl groups excluding tert-OH is 1. The quantitative estimate of drug-likeness (QED) is 0.237. The number of ether oxygens (including phenoxy) is 1. The van der Waals surface area contributed by atoms with Gasteiger partial charge in [0, 0.05) is 11.1 Å². The maximum Gasteiger partial charge on any atom is 0.333 e. The summed E-state index contributed by atoms with van der Waals surface area (Å²) >= 11 is 0. The predicted molar refractivity (Wildman–Crippen MR) is 135 cm³/mol. The van der Waals surface area contributed by atoms with Crippen molar-refractivity contribution in [3.8, 4) is 28.1 Å². The number of aryl methyl sites for hydroxylation is 1. The van der Waals surface area contributed by atoms with Crippen LogP contribution < -0.4 is 4.74 Å². The molecule has 0 fully saturated rings. The van der Waals surface area contributed by atoms with Gasteiger partial charge in [0.15, 0.2) is 10.9 Å². The van der Waals surface area contributed by atoms with Crippen molar-refractivity contribution in [1.29, 1.82) is 0 Å². The molecule has 0 aliphatic heterocycles. The van der Waals surface area contributed by atoms with Gasteiger partial charge in [-0.1, -0.05) is 56.3 Å². The standard InChI is InChI=1S/C27H29FNO5P/c1-6-27(18(5)30,35(32)33)26(31)34-25-22(21-13-12-20(28)14-17(21)4)15-23(29-24(25)16(2)3)19-10-8-7-9-11-19/h6-16,18,30,35H,1H2,2-5H3,(H,32,33). The average Bonchev–Trinajstić information content (AvgIpc) is 2.80. The molecule has 0 spiro atoms. The van der Waals surface area contributed by atoms with Crippen LogP contribution in [0.4, 0.5) is 4.39 Å². The van der Waals surface area contributed by atoms with Gasteiger partial charge in [-0.3, -0.25) is 4.57 Å². The van der Waals surface area contributed by atoms with Crippen LogP contribution in [0, 0.1) is 12.7 Å². The molecule has 1 aromatic heterocycles. The molecule has 3 atom stereocenters. The maximum atomic E-state index is 13.9. The van der Waals surface area contributed by atoms with Crippen molar-refractivity contribution >= 4 is 14.0 Å². The van der Waals surface area contributed by atoms with Crippen LogP contribution in [0.1, 0.15) is 37.9 Å². The van der Waals surface area contributed by atoms with Crippen molar-refractivity contribution in [2.45, 2.75) is 44.9 Å². The number of hydrogen-bond donors (Lipinski definition) is 2. The molecule has 0 aliphatic carbocycles. The molecule has 3 rings (SSSR count). The van der Waals surface area contributed by atoms with Crippen LogP contribution in [-0.4, -0.2) is 32.2 Å². The van der Waals surface area contributed by atoms with Gasteiger partial charge in [-0.25, -0.2) is 14.2 Å². The molecule has 8 heteroatoms. The van der Waals surface area contributed by atoms with E-state index in [1.54, 1.807) is 19.1 Å². The fourth-order valence-electron chi connectivity index (χ4n) is 3.89. The number of pyridine rings is 1. The van der Waals surface area contributed by atoms with Crippen LogP contribution in [0.3, 0.4) is 0 Å². The molecule has 2 N–H and O–H groups in total. The van der Waals surface area contributed by atoms with E-state index in [1.807, 2.05) is 44.2 Å². The lowest BCUT2D eigenvalue weighted by Crippen LogP contribution is -2.46. The van der Waals surface area contributed by atoms with Crippen LogP contribution >= 0.6 is 8.03 Å². The average molecular weight is 498 g/mol. The third-order valence-electron chi connectivity index (χ3n) is 5.96. The number of carbonyl (C=O) groups is 1.